The molecule has 6 aromatic carbocycles. The molecule has 0 saturated heterocycles. The van der Waals surface area contributed by atoms with Gasteiger partial charge in [0.15, 0.2) is 0 Å². The summed E-state index contributed by atoms with van der Waals surface area (Å²) in [6.45, 7) is 4.97. The molecule has 0 unspecified atom stereocenters. The number of hydrogen-bond acceptors (Lipinski definition) is 8. The summed E-state index contributed by atoms with van der Waals surface area (Å²) in [4.78, 5) is 43.7. The van der Waals surface area contributed by atoms with E-state index < -0.39 is 5.43 Å². The summed E-state index contributed by atoms with van der Waals surface area (Å²) < 4.78 is 18.4. The van der Waals surface area contributed by atoms with Crippen molar-refractivity contribution >= 4 is 83.7 Å². The van der Waals surface area contributed by atoms with Gasteiger partial charge in [-0.1, -0.05) is 169 Å². The molecule has 64 heavy (non-hydrogen) atoms. The summed E-state index contributed by atoms with van der Waals surface area (Å²) in [5.41, 5.74) is 12.6. The first-order valence-corrected chi connectivity index (χ1v) is 23.1. The molecule has 1 amide bonds. The molecule has 1 heterocycles. The van der Waals surface area contributed by atoms with Crippen molar-refractivity contribution in [2.75, 3.05) is 13.1 Å². The lowest BCUT2D eigenvalue weighted by Crippen LogP contribution is -2.36. The minimum Gasteiger partial charge on any atom is -0.461 e. The Balaban J connectivity index is 0.000000234. The topological polar surface area (TPSA) is 125 Å². The number of benzene rings is 6. The average Bonchev–Trinajstić information content (AvgIpc) is 3.33. The highest BCUT2D eigenvalue weighted by molar-refractivity contribution is 9.11. The third-order valence-corrected chi connectivity index (χ3v) is 10.8. The number of rotatable bonds is 12. The van der Waals surface area contributed by atoms with Crippen LogP contribution in [0.1, 0.15) is 51.8 Å². The number of nitrogens with two attached hydrogens (primary N) is 1. The largest absolute Gasteiger partial charge is 0.461 e. The zero-order chi connectivity index (χ0) is 46.4. The van der Waals surface area contributed by atoms with Crippen molar-refractivity contribution in [1.82, 2.24) is 4.90 Å². The number of halogens is 4. The van der Waals surface area contributed by atoms with Gasteiger partial charge in [-0.15, -0.1) is 0 Å². The smallest absolute Gasteiger partial charge is 0.410 e. The normalized spacial score (nSPS) is 10.9. The summed E-state index contributed by atoms with van der Waals surface area (Å²) in [5, 5.41) is 0. The second kappa shape index (κ2) is 31.7. The number of ether oxygens (including phenoxy) is 3. The molecule has 7 rings (SSSR count). The second-order valence-electron chi connectivity index (χ2n) is 13.9. The Kier molecular flexibility index (Phi) is 26.4. The van der Waals surface area contributed by atoms with Gasteiger partial charge in [0, 0.05) is 44.5 Å². The Labute approximate surface area is 406 Å². The molecule has 0 atom stereocenters. The maximum atomic E-state index is 12.2. The molecule has 9 nitrogen and oxygen atoms in total. The molecule has 0 bridgehead atoms. The standard InChI is InChI=1S/C17H16BrNO2.C17H17BrO2.C8H10BrN.C8H7ClO2.CH2O/c18-16-7-6-14-8-9-19(11-15(14)10-16)17(20)21-12-13-4-2-1-3-5-13;18-16-11-9-14(10-12-16)7-4-8-17(19)20-13-15-5-2-1-3-6-15;9-8-3-1-7(2-4-8)5-6-10;9-8(10)11-6-7-4-2-1-3-5-7;1-2/h1-7,10H,8-9,11-12H2;1-3,5-6,9-12H,4,7-8,13H2;1-4H,5-6,10H2;1-5H,6H2;1H2. The maximum absolute atomic E-state index is 12.2. The molecule has 336 valence electrons. The van der Waals surface area contributed by atoms with Crippen LogP contribution < -0.4 is 5.73 Å². The maximum Gasteiger partial charge on any atom is 0.410 e. The zero-order valence-electron chi connectivity index (χ0n) is 35.4. The van der Waals surface area contributed by atoms with Crippen molar-refractivity contribution in [2.24, 2.45) is 5.73 Å². The molecule has 0 aromatic heterocycles. The first kappa shape index (κ1) is 53.2. The molecule has 0 radical (unpaired) electrons. The van der Waals surface area contributed by atoms with E-state index in [0.29, 0.717) is 32.7 Å². The van der Waals surface area contributed by atoms with E-state index in [4.69, 9.17) is 31.6 Å². The van der Waals surface area contributed by atoms with Crippen LogP contribution in [0.2, 0.25) is 0 Å². The van der Waals surface area contributed by atoms with Crippen LogP contribution in [0.25, 0.3) is 0 Å². The molecule has 0 saturated carbocycles. The van der Waals surface area contributed by atoms with Gasteiger partial charge in [0.25, 0.3) is 0 Å². The van der Waals surface area contributed by atoms with Crippen LogP contribution >= 0.6 is 59.4 Å². The molecular weight excluding hydrogens is 1030 g/mol. The fourth-order valence-electron chi connectivity index (χ4n) is 5.92. The average molecular weight is 1080 g/mol. The van der Waals surface area contributed by atoms with Crippen molar-refractivity contribution in [1.29, 1.82) is 0 Å². The SMILES string of the molecule is C=O.NCCc1ccc(Br)cc1.O=C(CCCc1ccc(Br)cc1)OCc1ccccc1.O=C(Cl)OCc1ccccc1.O=C(OCc1ccccc1)N1CCc2ccc(Br)cc2C1. The van der Waals surface area contributed by atoms with Crippen molar-refractivity contribution in [3.63, 3.8) is 0 Å². The Morgan fingerprint density at radius 3 is 1.50 bits per heavy atom. The van der Waals surface area contributed by atoms with Gasteiger partial charge in [0.2, 0.25) is 0 Å². The van der Waals surface area contributed by atoms with E-state index in [1.54, 1.807) is 4.90 Å². The molecule has 6 aromatic rings. The van der Waals surface area contributed by atoms with Gasteiger partial charge in [-0.25, -0.2) is 9.59 Å². The first-order chi connectivity index (χ1) is 31.1. The summed E-state index contributed by atoms with van der Waals surface area (Å²) in [5.74, 6) is -0.133. The molecule has 1 aliphatic rings. The fraction of sp³-hybridized carbons (Fsp3) is 0.216. The lowest BCUT2D eigenvalue weighted by molar-refractivity contribution is -0.145. The van der Waals surface area contributed by atoms with E-state index in [0.717, 1.165) is 62.3 Å². The van der Waals surface area contributed by atoms with Gasteiger partial charge in [-0.05, 0) is 108 Å². The predicted octanol–water partition coefficient (Wildman–Crippen LogP) is 13.0. The van der Waals surface area contributed by atoms with E-state index in [1.165, 1.54) is 22.3 Å². The van der Waals surface area contributed by atoms with Gasteiger partial charge >= 0.3 is 17.5 Å². The van der Waals surface area contributed by atoms with Crippen LogP contribution in [0.5, 0.6) is 0 Å². The lowest BCUT2D eigenvalue weighted by Gasteiger charge is -2.28. The van der Waals surface area contributed by atoms with Crippen LogP contribution in [-0.4, -0.2) is 42.3 Å². The Bertz CT molecular complexity index is 2240. The van der Waals surface area contributed by atoms with Crippen LogP contribution in [-0.2, 0) is 69.4 Å². The van der Waals surface area contributed by atoms with E-state index in [9.17, 15) is 14.4 Å². The molecule has 0 spiro atoms. The summed E-state index contributed by atoms with van der Waals surface area (Å²) in [7, 11) is 0. The van der Waals surface area contributed by atoms with E-state index in [1.807, 2.05) is 128 Å². The van der Waals surface area contributed by atoms with Crippen LogP contribution in [0.4, 0.5) is 9.59 Å². The number of aryl methyl sites for hydroxylation is 1. The molecule has 13 heteroatoms. The highest BCUT2D eigenvalue weighted by Gasteiger charge is 2.22. The Morgan fingerprint density at radius 1 is 0.562 bits per heavy atom. The van der Waals surface area contributed by atoms with E-state index in [-0.39, 0.29) is 18.7 Å². The fourth-order valence-corrected chi connectivity index (χ4v) is 6.91. The minimum absolute atomic E-state index is 0.133. The molecule has 0 aliphatic carbocycles. The van der Waals surface area contributed by atoms with Crippen molar-refractivity contribution in [3.8, 4) is 0 Å². The van der Waals surface area contributed by atoms with Gasteiger partial charge in [0.1, 0.15) is 26.6 Å². The lowest BCUT2D eigenvalue weighted by atomic mass is 10.0. The van der Waals surface area contributed by atoms with Crippen LogP contribution in [0.3, 0.4) is 0 Å². The Morgan fingerprint density at radius 2 is 1.02 bits per heavy atom. The minimum atomic E-state index is -0.770. The summed E-state index contributed by atoms with van der Waals surface area (Å²) in [6.07, 6.45) is 3.77. The number of hydrogen-bond donors (Lipinski definition) is 1. The van der Waals surface area contributed by atoms with Gasteiger partial charge in [-0.3, -0.25) is 4.79 Å². The first-order valence-electron chi connectivity index (χ1n) is 20.3. The van der Waals surface area contributed by atoms with Crippen molar-refractivity contribution in [2.45, 2.75) is 58.5 Å². The monoisotopic (exact) mass is 1080 g/mol. The number of esters is 1. The summed E-state index contributed by atoms with van der Waals surface area (Å²) >= 11 is 15.2. The van der Waals surface area contributed by atoms with Crippen molar-refractivity contribution < 1.29 is 33.4 Å². The zero-order valence-corrected chi connectivity index (χ0v) is 40.9. The summed E-state index contributed by atoms with van der Waals surface area (Å²) in [6, 6.07) is 51.5. The highest BCUT2D eigenvalue weighted by Crippen LogP contribution is 2.23. The second-order valence-corrected chi connectivity index (χ2v) is 17.0. The molecule has 1 aliphatic heterocycles. The van der Waals surface area contributed by atoms with E-state index in [2.05, 4.69) is 88.9 Å². The number of carbonyl (C=O) groups is 4. The molecule has 2 N–H and O–H groups in total. The quantitative estimate of drug-likeness (QED) is 0.0730. The number of carbonyl (C=O) groups excluding carboxylic acids is 4. The van der Waals surface area contributed by atoms with Gasteiger partial charge in [-0.2, -0.15) is 0 Å². The van der Waals surface area contributed by atoms with Gasteiger partial charge < -0.3 is 29.6 Å². The van der Waals surface area contributed by atoms with Crippen molar-refractivity contribution in [3.05, 3.63) is 210 Å². The van der Waals surface area contributed by atoms with E-state index >= 15 is 0 Å². The number of fused-ring (bicyclic) bond motifs is 1. The highest BCUT2D eigenvalue weighted by atomic mass is 79.9. The number of amides is 1. The van der Waals surface area contributed by atoms with Crippen LogP contribution in [0.15, 0.2) is 171 Å². The molecular formula is C51H52Br3ClN2O7. The van der Waals surface area contributed by atoms with Crippen LogP contribution in [0, 0.1) is 0 Å². The Hall–Kier alpha value is -5.11. The third-order valence-electron chi connectivity index (χ3n) is 9.19. The number of nitrogens with zero attached hydrogens (tertiary/aromatic N) is 1. The molecule has 0 fully saturated rings. The third kappa shape index (κ3) is 22.5. The predicted molar refractivity (Wildman–Crippen MR) is 265 cm³/mol. The van der Waals surface area contributed by atoms with Gasteiger partial charge in [0.05, 0.1) is 0 Å².